The zero-order valence-corrected chi connectivity index (χ0v) is 15.6. The minimum absolute atomic E-state index is 0.325. The van der Waals surface area contributed by atoms with Gasteiger partial charge in [-0.25, -0.2) is 4.79 Å². The Morgan fingerprint density at radius 3 is 2.44 bits per heavy atom. The molecule has 0 aliphatic rings. The highest BCUT2D eigenvalue weighted by Gasteiger charge is 2.14. The molecule has 3 aromatic rings. The smallest absolute Gasteiger partial charge is 0.341 e. The SMILES string of the molecule is CCOC(=O)c1ccccc1Oc1ccc(-c2ccccc2)c(CNC)c1. The maximum absolute atomic E-state index is 12.2. The van der Waals surface area contributed by atoms with Crippen LogP contribution in [0.5, 0.6) is 11.5 Å². The number of carbonyl (C=O) groups is 1. The molecule has 0 radical (unpaired) electrons. The first-order valence-electron chi connectivity index (χ1n) is 9.00. The predicted octanol–water partition coefficient (Wildman–Crippen LogP) is 5.04. The van der Waals surface area contributed by atoms with Crippen molar-refractivity contribution in [2.24, 2.45) is 0 Å². The minimum Gasteiger partial charge on any atom is -0.462 e. The van der Waals surface area contributed by atoms with Crippen LogP contribution >= 0.6 is 0 Å². The topological polar surface area (TPSA) is 47.6 Å². The third-order valence-corrected chi connectivity index (χ3v) is 4.14. The van der Waals surface area contributed by atoms with Gasteiger partial charge in [0.05, 0.1) is 6.61 Å². The number of para-hydroxylation sites is 1. The molecule has 3 aromatic carbocycles. The largest absolute Gasteiger partial charge is 0.462 e. The first-order chi connectivity index (χ1) is 13.2. The number of nitrogens with one attached hydrogen (secondary N) is 1. The highest BCUT2D eigenvalue weighted by Crippen LogP contribution is 2.31. The Kier molecular flexibility index (Phi) is 6.23. The van der Waals surface area contributed by atoms with Crippen molar-refractivity contribution < 1.29 is 14.3 Å². The van der Waals surface area contributed by atoms with E-state index in [9.17, 15) is 4.79 Å². The number of benzene rings is 3. The molecule has 27 heavy (non-hydrogen) atoms. The van der Waals surface area contributed by atoms with Crippen molar-refractivity contribution in [1.82, 2.24) is 5.32 Å². The summed E-state index contributed by atoms with van der Waals surface area (Å²) in [4.78, 5) is 12.2. The second-order valence-corrected chi connectivity index (χ2v) is 6.03. The van der Waals surface area contributed by atoms with Gasteiger partial charge < -0.3 is 14.8 Å². The molecule has 0 amide bonds. The van der Waals surface area contributed by atoms with E-state index >= 15 is 0 Å². The van der Waals surface area contributed by atoms with Crippen molar-refractivity contribution in [2.75, 3.05) is 13.7 Å². The number of rotatable bonds is 7. The van der Waals surface area contributed by atoms with E-state index in [1.165, 1.54) is 0 Å². The Morgan fingerprint density at radius 2 is 1.70 bits per heavy atom. The first-order valence-corrected chi connectivity index (χ1v) is 9.00. The Labute approximate surface area is 159 Å². The maximum atomic E-state index is 12.2. The van der Waals surface area contributed by atoms with Gasteiger partial charge in [-0.1, -0.05) is 48.5 Å². The summed E-state index contributed by atoms with van der Waals surface area (Å²) in [6.07, 6.45) is 0. The summed E-state index contributed by atoms with van der Waals surface area (Å²) >= 11 is 0. The minimum atomic E-state index is -0.385. The summed E-state index contributed by atoms with van der Waals surface area (Å²) in [5.74, 6) is 0.778. The lowest BCUT2D eigenvalue weighted by Crippen LogP contribution is -2.07. The average molecular weight is 361 g/mol. The second kappa shape index (κ2) is 9.01. The summed E-state index contributed by atoms with van der Waals surface area (Å²) in [5.41, 5.74) is 3.84. The van der Waals surface area contributed by atoms with Crippen molar-refractivity contribution in [3.63, 3.8) is 0 Å². The fourth-order valence-electron chi connectivity index (χ4n) is 2.93. The van der Waals surface area contributed by atoms with E-state index in [1.807, 2.05) is 49.5 Å². The molecule has 3 rings (SSSR count). The van der Waals surface area contributed by atoms with E-state index in [1.54, 1.807) is 25.1 Å². The quantitative estimate of drug-likeness (QED) is 0.599. The molecular weight excluding hydrogens is 338 g/mol. The van der Waals surface area contributed by atoms with Crippen LogP contribution in [0.25, 0.3) is 11.1 Å². The molecule has 0 bridgehead atoms. The third kappa shape index (κ3) is 4.54. The summed E-state index contributed by atoms with van der Waals surface area (Å²) in [6, 6.07) is 23.3. The van der Waals surface area contributed by atoms with Gasteiger partial charge in [0.2, 0.25) is 0 Å². The molecule has 0 spiro atoms. The van der Waals surface area contributed by atoms with Crippen molar-refractivity contribution in [1.29, 1.82) is 0 Å². The van der Waals surface area contributed by atoms with Gasteiger partial charge >= 0.3 is 5.97 Å². The van der Waals surface area contributed by atoms with Crippen LogP contribution in [-0.2, 0) is 11.3 Å². The number of carbonyl (C=O) groups excluding carboxylic acids is 1. The van der Waals surface area contributed by atoms with E-state index in [4.69, 9.17) is 9.47 Å². The van der Waals surface area contributed by atoms with Crippen molar-refractivity contribution in [3.05, 3.63) is 83.9 Å². The molecule has 138 valence electrons. The molecule has 0 aliphatic carbocycles. The zero-order valence-electron chi connectivity index (χ0n) is 15.6. The van der Waals surface area contributed by atoms with Gasteiger partial charge in [0.15, 0.2) is 0 Å². The molecule has 0 saturated heterocycles. The van der Waals surface area contributed by atoms with Crippen molar-refractivity contribution in [2.45, 2.75) is 13.5 Å². The van der Waals surface area contributed by atoms with E-state index in [-0.39, 0.29) is 5.97 Å². The van der Waals surface area contributed by atoms with Crippen LogP contribution in [0, 0.1) is 0 Å². The van der Waals surface area contributed by atoms with Crippen LogP contribution in [0.1, 0.15) is 22.8 Å². The first kappa shape index (κ1) is 18.7. The molecule has 0 fully saturated rings. The fraction of sp³-hybridized carbons (Fsp3) is 0.174. The highest BCUT2D eigenvalue weighted by atomic mass is 16.5. The molecule has 0 heterocycles. The molecule has 1 N–H and O–H groups in total. The molecule has 0 aromatic heterocycles. The van der Waals surface area contributed by atoms with Crippen molar-refractivity contribution in [3.8, 4) is 22.6 Å². The van der Waals surface area contributed by atoms with E-state index in [0.717, 1.165) is 16.7 Å². The second-order valence-electron chi connectivity index (χ2n) is 6.03. The van der Waals surface area contributed by atoms with Gasteiger partial charge in [0.25, 0.3) is 0 Å². The molecule has 0 aliphatic heterocycles. The Morgan fingerprint density at radius 1 is 0.963 bits per heavy atom. The number of esters is 1. The molecule has 0 saturated carbocycles. The van der Waals surface area contributed by atoms with Gasteiger partial charge in [-0.15, -0.1) is 0 Å². The molecule has 0 atom stereocenters. The predicted molar refractivity (Wildman–Crippen MR) is 107 cm³/mol. The molecule has 0 unspecified atom stereocenters. The lowest BCUT2D eigenvalue weighted by molar-refractivity contribution is 0.0523. The number of ether oxygens (including phenoxy) is 2. The van der Waals surface area contributed by atoms with Gasteiger partial charge in [-0.05, 0) is 54.9 Å². The van der Waals surface area contributed by atoms with Crippen molar-refractivity contribution >= 4 is 5.97 Å². The van der Waals surface area contributed by atoms with Crippen LogP contribution < -0.4 is 10.1 Å². The third-order valence-electron chi connectivity index (χ3n) is 4.14. The summed E-state index contributed by atoms with van der Waals surface area (Å²) in [6.45, 7) is 2.82. The van der Waals surface area contributed by atoms with Gasteiger partial charge in [0.1, 0.15) is 17.1 Å². The molecule has 4 heteroatoms. The maximum Gasteiger partial charge on any atom is 0.341 e. The number of hydrogen-bond donors (Lipinski definition) is 1. The summed E-state index contributed by atoms with van der Waals surface area (Å²) in [7, 11) is 1.92. The Balaban J connectivity index is 1.93. The van der Waals surface area contributed by atoms with Gasteiger partial charge in [-0.3, -0.25) is 0 Å². The fourth-order valence-corrected chi connectivity index (χ4v) is 2.93. The van der Waals surface area contributed by atoms with Gasteiger partial charge in [0, 0.05) is 6.54 Å². The van der Waals surface area contributed by atoms with Crippen LogP contribution in [0.15, 0.2) is 72.8 Å². The highest BCUT2D eigenvalue weighted by molar-refractivity contribution is 5.92. The lowest BCUT2D eigenvalue weighted by atomic mass is 9.99. The van der Waals surface area contributed by atoms with E-state index < -0.39 is 0 Å². The van der Waals surface area contributed by atoms with E-state index in [0.29, 0.717) is 30.2 Å². The normalized spacial score (nSPS) is 10.4. The zero-order chi connectivity index (χ0) is 19.1. The number of hydrogen-bond acceptors (Lipinski definition) is 4. The van der Waals surface area contributed by atoms with Crippen LogP contribution in [0.2, 0.25) is 0 Å². The summed E-state index contributed by atoms with van der Waals surface area (Å²) < 4.78 is 11.1. The average Bonchev–Trinajstić information content (AvgIpc) is 2.70. The standard InChI is InChI=1S/C23H23NO3/c1-3-26-23(25)21-11-7-8-12-22(21)27-19-13-14-20(18(15-19)16-24-2)17-9-5-4-6-10-17/h4-15,24H,3,16H2,1-2H3. The molecule has 4 nitrogen and oxygen atoms in total. The monoisotopic (exact) mass is 361 g/mol. The summed E-state index contributed by atoms with van der Waals surface area (Å²) in [5, 5.41) is 3.20. The Bertz CT molecular complexity index is 907. The lowest BCUT2D eigenvalue weighted by Gasteiger charge is -2.14. The van der Waals surface area contributed by atoms with Gasteiger partial charge in [-0.2, -0.15) is 0 Å². The van der Waals surface area contributed by atoms with Crippen LogP contribution in [-0.4, -0.2) is 19.6 Å². The van der Waals surface area contributed by atoms with Crippen LogP contribution in [0.4, 0.5) is 0 Å². The Hall–Kier alpha value is -3.11. The van der Waals surface area contributed by atoms with E-state index in [2.05, 4.69) is 17.4 Å². The van der Waals surface area contributed by atoms with Crippen LogP contribution in [0.3, 0.4) is 0 Å². The molecular formula is C23H23NO3.